The van der Waals surface area contributed by atoms with Crippen molar-refractivity contribution in [2.24, 2.45) is 9.98 Å². The third-order valence-corrected chi connectivity index (χ3v) is 5.77. The highest BCUT2D eigenvalue weighted by atomic mass is 16.5. The first-order valence-corrected chi connectivity index (χ1v) is 11.7. The van der Waals surface area contributed by atoms with Crippen LogP contribution in [0.4, 0.5) is 0 Å². The molecule has 34 heavy (non-hydrogen) atoms. The Balaban J connectivity index is 1.92. The molecule has 0 spiro atoms. The first-order chi connectivity index (χ1) is 16.4. The lowest BCUT2D eigenvalue weighted by Gasteiger charge is -2.31. The number of methoxy groups -OCH3 is 1. The number of ether oxygens (including phenoxy) is 2. The summed E-state index contributed by atoms with van der Waals surface area (Å²) in [6, 6.07) is 20.5. The van der Waals surface area contributed by atoms with Gasteiger partial charge in [-0.1, -0.05) is 60.7 Å². The van der Waals surface area contributed by atoms with Crippen LogP contribution in [0.15, 0.2) is 70.6 Å². The molecule has 0 amide bonds. The van der Waals surface area contributed by atoms with Crippen LogP contribution in [-0.4, -0.2) is 66.2 Å². The third kappa shape index (κ3) is 7.23. The molecule has 1 aliphatic rings. The Morgan fingerprint density at radius 2 is 1.74 bits per heavy atom. The molecule has 1 N–H and O–H groups in total. The van der Waals surface area contributed by atoms with Crippen LogP contribution < -0.4 is 0 Å². The lowest BCUT2D eigenvalue weighted by atomic mass is 10.0. The van der Waals surface area contributed by atoms with Crippen molar-refractivity contribution in [1.29, 1.82) is 0 Å². The number of nitrogens with zero attached hydrogens (tertiary/aromatic N) is 3. The molecule has 1 atom stereocenters. The molecule has 7 nitrogen and oxygen atoms in total. The maximum Gasteiger partial charge on any atom is 0.327 e. The van der Waals surface area contributed by atoms with Gasteiger partial charge in [0.25, 0.3) is 0 Å². The van der Waals surface area contributed by atoms with Gasteiger partial charge in [-0.05, 0) is 50.8 Å². The van der Waals surface area contributed by atoms with Crippen LogP contribution in [0.3, 0.4) is 0 Å². The predicted octanol–water partition coefficient (Wildman–Crippen LogP) is 3.65. The molecular weight excluding hydrogens is 430 g/mol. The molecular formula is C27H35N3O4. The Hall–Kier alpha value is -3.03. The summed E-state index contributed by atoms with van der Waals surface area (Å²) in [5.41, 5.74) is 1.70. The minimum atomic E-state index is -0.679. The second-order valence-electron chi connectivity index (χ2n) is 8.90. The summed E-state index contributed by atoms with van der Waals surface area (Å²) >= 11 is 0. The van der Waals surface area contributed by atoms with Gasteiger partial charge in [-0.3, -0.25) is 9.69 Å². The maximum absolute atomic E-state index is 11.6. The normalized spacial score (nSPS) is 16.9. The molecule has 0 saturated heterocycles. The van der Waals surface area contributed by atoms with Gasteiger partial charge >= 0.3 is 5.97 Å². The van der Waals surface area contributed by atoms with Gasteiger partial charge in [0.1, 0.15) is 12.1 Å². The van der Waals surface area contributed by atoms with Crippen molar-refractivity contribution in [2.75, 3.05) is 26.8 Å². The minimum Gasteiger partial charge on any atom is -0.468 e. The smallest absolute Gasteiger partial charge is 0.327 e. The Morgan fingerprint density at radius 3 is 2.35 bits per heavy atom. The van der Waals surface area contributed by atoms with Crippen LogP contribution in [0.25, 0.3) is 0 Å². The molecule has 0 aliphatic carbocycles. The maximum atomic E-state index is 11.6. The number of carbonyl (C=O) groups excluding carboxylic acids is 1. The van der Waals surface area contributed by atoms with E-state index in [1.165, 1.54) is 18.2 Å². The van der Waals surface area contributed by atoms with Gasteiger partial charge in [0, 0.05) is 13.2 Å². The topological polar surface area (TPSA) is 83.7 Å². The van der Waals surface area contributed by atoms with Crippen LogP contribution in [0.5, 0.6) is 0 Å². The number of unbranched alkanes of at least 4 members (excludes halogenated alkanes) is 1. The highest BCUT2D eigenvalue weighted by Crippen LogP contribution is 2.26. The minimum absolute atomic E-state index is 0.106. The number of hydrogen-bond acceptors (Lipinski definition) is 7. The third-order valence-electron chi connectivity index (χ3n) is 5.77. The highest BCUT2D eigenvalue weighted by Gasteiger charge is 2.39. The van der Waals surface area contributed by atoms with E-state index in [9.17, 15) is 9.90 Å². The molecule has 0 bridgehead atoms. The molecule has 182 valence electrons. The summed E-state index contributed by atoms with van der Waals surface area (Å²) < 4.78 is 11.0. The Morgan fingerprint density at radius 1 is 1.09 bits per heavy atom. The second-order valence-corrected chi connectivity index (χ2v) is 8.90. The van der Waals surface area contributed by atoms with E-state index in [0.717, 1.165) is 25.9 Å². The van der Waals surface area contributed by atoms with Gasteiger partial charge < -0.3 is 14.6 Å². The largest absolute Gasteiger partial charge is 0.468 e. The fourth-order valence-corrected chi connectivity index (χ4v) is 3.94. The van der Waals surface area contributed by atoms with Crippen molar-refractivity contribution in [2.45, 2.75) is 51.2 Å². The van der Waals surface area contributed by atoms with Gasteiger partial charge in [0.05, 0.1) is 13.2 Å². The van der Waals surface area contributed by atoms with E-state index in [2.05, 4.69) is 34.2 Å². The van der Waals surface area contributed by atoms with E-state index in [4.69, 9.17) is 14.5 Å². The fourth-order valence-electron chi connectivity index (χ4n) is 3.94. The average molecular weight is 466 g/mol. The Kier molecular flexibility index (Phi) is 9.36. The van der Waals surface area contributed by atoms with E-state index < -0.39 is 11.5 Å². The molecule has 0 saturated carbocycles. The van der Waals surface area contributed by atoms with Crippen LogP contribution in [-0.2, 0) is 27.2 Å². The SMILES string of the molecule is COC(=O)CN=C1OC(C(Cc2ccccc2)N(CCCCO)Cc2ccccc2)=NC1(C)C. The quantitative estimate of drug-likeness (QED) is 0.382. The van der Waals surface area contributed by atoms with Crippen molar-refractivity contribution in [3.8, 4) is 0 Å². The second kappa shape index (κ2) is 12.4. The Bertz CT molecular complexity index is 974. The standard InChI is InChI=1S/C27H35N3O4/c1-27(2)26(28-19-24(32)33-3)34-25(29-27)23(18-21-12-6-4-7-13-21)30(16-10-11-17-31)20-22-14-8-5-9-15-22/h4-9,12-15,23,31H,10-11,16-20H2,1-3H3. The predicted molar refractivity (Wildman–Crippen MR) is 134 cm³/mol. The summed E-state index contributed by atoms with van der Waals surface area (Å²) in [5.74, 6) is 0.592. The summed E-state index contributed by atoms with van der Waals surface area (Å²) in [6.45, 7) is 5.43. The lowest BCUT2D eigenvalue weighted by molar-refractivity contribution is -0.138. The van der Waals surface area contributed by atoms with Gasteiger partial charge in [-0.2, -0.15) is 0 Å². The van der Waals surface area contributed by atoms with Crippen LogP contribution >= 0.6 is 0 Å². The number of hydrogen-bond donors (Lipinski definition) is 1. The monoisotopic (exact) mass is 465 g/mol. The summed E-state index contributed by atoms with van der Waals surface area (Å²) in [6.07, 6.45) is 2.30. The van der Waals surface area contributed by atoms with Gasteiger partial charge in [-0.25, -0.2) is 9.98 Å². The number of aliphatic hydroxyl groups excluding tert-OH is 1. The van der Waals surface area contributed by atoms with E-state index >= 15 is 0 Å². The van der Waals surface area contributed by atoms with Crippen LogP contribution in [0, 0.1) is 0 Å². The van der Waals surface area contributed by atoms with Crippen molar-refractivity contribution in [3.63, 3.8) is 0 Å². The van der Waals surface area contributed by atoms with Crippen LogP contribution in [0.1, 0.15) is 37.8 Å². The number of carbonyl (C=O) groups is 1. The van der Waals surface area contributed by atoms with Crippen molar-refractivity contribution in [3.05, 3.63) is 71.8 Å². The number of esters is 1. The molecule has 1 aliphatic heterocycles. The molecule has 3 rings (SSSR count). The molecule has 0 radical (unpaired) electrons. The fraction of sp³-hybridized carbons (Fsp3) is 0.444. The molecule has 1 unspecified atom stereocenters. The highest BCUT2D eigenvalue weighted by molar-refractivity contribution is 6.04. The zero-order valence-electron chi connectivity index (χ0n) is 20.3. The van der Waals surface area contributed by atoms with E-state index in [0.29, 0.717) is 18.2 Å². The van der Waals surface area contributed by atoms with Crippen molar-refractivity contribution < 1.29 is 19.4 Å². The summed E-state index contributed by atoms with van der Waals surface area (Å²) in [5, 5.41) is 9.36. The average Bonchev–Trinajstić information content (AvgIpc) is 3.15. The van der Waals surface area contributed by atoms with Crippen molar-refractivity contribution in [1.82, 2.24) is 4.90 Å². The molecule has 0 aromatic heterocycles. The van der Waals surface area contributed by atoms with Gasteiger partial charge in [0.2, 0.25) is 11.8 Å². The van der Waals surface area contributed by atoms with Gasteiger partial charge in [-0.15, -0.1) is 0 Å². The number of aliphatic imine (C=N–C) groups is 2. The number of rotatable bonds is 12. The molecule has 2 aromatic carbocycles. The molecule has 1 heterocycles. The zero-order valence-corrected chi connectivity index (χ0v) is 20.3. The van der Waals surface area contributed by atoms with Crippen LogP contribution in [0.2, 0.25) is 0 Å². The summed E-state index contributed by atoms with van der Waals surface area (Å²) in [7, 11) is 1.34. The zero-order chi connectivity index (χ0) is 24.4. The van der Waals surface area contributed by atoms with E-state index in [1.54, 1.807) is 0 Å². The molecule has 2 aromatic rings. The number of benzene rings is 2. The first-order valence-electron chi connectivity index (χ1n) is 11.7. The Labute approximate surface area is 202 Å². The van der Waals surface area contributed by atoms with Gasteiger partial charge in [0.15, 0.2) is 0 Å². The number of aliphatic hydroxyl groups is 1. The summed E-state index contributed by atoms with van der Waals surface area (Å²) in [4.78, 5) is 23.3. The van der Waals surface area contributed by atoms with Crippen molar-refractivity contribution >= 4 is 17.8 Å². The van der Waals surface area contributed by atoms with E-state index in [-0.39, 0.29) is 19.2 Å². The first kappa shape index (κ1) is 25.6. The molecule has 0 fully saturated rings. The molecule has 7 heteroatoms. The lowest BCUT2D eigenvalue weighted by Crippen LogP contribution is -2.43. The van der Waals surface area contributed by atoms with E-state index in [1.807, 2.05) is 50.2 Å².